The number of allylic oxidation sites excluding steroid dienone is 3. The van der Waals surface area contributed by atoms with E-state index in [-0.39, 0.29) is 49.6 Å². The van der Waals surface area contributed by atoms with Gasteiger partial charge in [0.2, 0.25) is 17.7 Å². The van der Waals surface area contributed by atoms with E-state index in [2.05, 4.69) is 28.5 Å². The molecule has 1 aromatic rings. The van der Waals surface area contributed by atoms with Gasteiger partial charge in [0.15, 0.2) is 0 Å². The molecule has 1 aliphatic carbocycles. The fourth-order valence-electron chi connectivity index (χ4n) is 4.21. The molecule has 3 rings (SSSR count). The molecule has 1 aromatic heterocycles. The minimum atomic E-state index is -0.774. The van der Waals surface area contributed by atoms with Gasteiger partial charge in [-0.1, -0.05) is 18.2 Å². The van der Waals surface area contributed by atoms with Crippen molar-refractivity contribution >= 4 is 34.6 Å². The third-order valence-electron chi connectivity index (χ3n) is 6.45. The van der Waals surface area contributed by atoms with E-state index in [1.54, 1.807) is 25.3 Å². The topological polar surface area (TPSA) is 112 Å². The Kier molecular flexibility index (Phi) is 8.98. The molecule has 186 valence electrons. The van der Waals surface area contributed by atoms with Crippen molar-refractivity contribution in [2.45, 2.75) is 51.3 Å². The van der Waals surface area contributed by atoms with Crippen LogP contribution in [0.5, 0.6) is 0 Å². The summed E-state index contributed by atoms with van der Waals surface area (Å²) in [6, 6.07) is -1.50. The second-order valence-corrected chi connectivity index (χ2v) is 9.70. The number of rotatable bonds is 9. The van der Waals surface area contributed by atoms with Crippen molar-refractivity contribution in [2.24, 2.45) is 5.92 Å². The van der Waals surface area contributed by atoms with Gasteiger partial charge in [-0.3, -0.25) is 14.4 Å². The number of likely N-dealkylation sites (tertiary alicyclic amines) is 1. The molecule has 0 aromatic carbocycles. The smallest absolute Gasteiger partial charge is 0.245 e. The number of hydrogen-bond acceptors (Lipinski definition) is 7. The van der Waals surface area contributed by atoms with Crippen LogP contribution in [0.1, 0.15) is 36.8 Å². The quantitative estimate of drug-likeness (QED) is 0.541. The zero-order valence-electron chi connectivity index (χ0n) is 20.2. The van der Waals surface area contributed by atoms with E-state index in [0.29, 0.717) is 6.54 Å². The number of methoxy groups -OCH3 is 1. The van der Waals surface area contributed by atoms with Crippen LogP contribution in [0.3, 0.4) is 0 Å². The first-order valence-corrected chi connectivity index (χ1v) is 12.4. The SMILES string of the molecule is COCCC(=O)N(C)[C@@H](C)C(=O)N1C[C@H](O)C[C@H]1C(=O)NCC1C=CC(c2scnc2C)=CC1. The van der Waals surface area contributed by atoms with Gasteiger partial charge in [0.25, 0.3) is 0 Å². The zero-order valence-corrected chi connectivity index (χ0v) is 21.0. The second kappa shape index (κ2) is 11.7. The van der Waals surface area contributed by atoms with Gasteiger partial charge in [0.1, 0.15) is 12.1 Å². The lowest BCUT2D eigenvalue weighted by atomic mass is 9.95. The van der Waals surface area contributed by atoms with Crippen LogP contribution in [-0.2, 0) is 19.1 Å². The Morgan fingerprint density at radius 1 is 1.41 bits per heavy atom. The van der Waals surface area contributed by atoms with Gasteiger partial charge in [-0.2, -0.15) is 0 Å². The molecule has 0 saturated carbocycles. The molecule has 2 N–H and O–H groups in total. The summed E-state index contributed by atoms with van der Waals surface area (Å²) < 4.78 is 4.93. The number of amides is 3. The number of likely N-dealkylation sites (N-methyl/N-ethyl adjacent to an activating group) is 1. The molecule has 0 radical (unpaired) electrons. The van der Waals surface area contributed by atoms with E-state index in [4.69, 9.17) is 4.74 Å². The van der Waals surface area contributed by atoms with Gasteiger partial charge in [0.05, 0.1) is 35.2 Å². The normalized spacial score (nSPS) is 22.9. The van der Waals surface area contributed by atoms with Crippen LogP contribution in [0.25, 0.3) is 5.57 Å². The Labute approximate surface area is 204 Å². The number of nitrogens with one attached hydrogen (secondary N) is 1. The average Bonchev–Trinajstić information content (AvgIpc) is 3.45. The Balaban J connectivity index is 1.55. The summed E-state index contributed by atoms with van der Waals surface area (Å²) in [6.07, 6.45) is 6.68. The van der Waals surface area contributed by atoms with Gasteiger partial charge >= 0.3 is 0 Å². The molecule has 4 atom stereocenters. The van der Waals surface area contributed by atoms with Crippen LogP contribution in [0.15, 0.2) is 23.7 Å². The van der Waals surface area contributed by atoms with Crippen molar-refractivity contribution < 1.29 is 24.2 Å². The van der Waals surface area contributed by atoms with Crippen molar-refractivity contribution in [1.29, 1.82) is 0 Å². The van der Waals surface area contributed by atoms with Crippen molar-refractivity contribution in [2.75, 3.05) is 33.9 Å². The van der Waals surface area contributed by atoms with Crippen molar-refractivity contribution in [3.8, 4) is 0 Å². The third kappa shape index (κ3) is 6.11. The first kappa shape index (κ1) is 26.1. The minimum absolute atomic E-state index is 0.0744. The standard InChI is InChI=1S/C24H34N4O5S/c1-15-22(34-14-26-15)18-7-5-17(6-8-18)12-25-23(31)20-11-19(29)13-28(20)24(32)16(2)27(3)21(30)9-10-33-4/h5,7-8,14,16-17,19-20,29H,6,9-13H2,1-4H3,(H,25,31)/t16-,17?,19+,20-/m0/s1. The molecule has 1 fully saturated rings. The molecule has 0 bridgehead atoms. The number of β-amino-alcohol motifs (C(OH)–C–C–N with tert-alkyl or cyclic N) is 1. The number of aliphatic hydroxyl groups is 1. The Bertz CT molecular complexity index is 959. The number of carbonyl (C=O) groups excluding carboxylic acids is 3. The number of aliphatic hydroxyl groups excluding tert-OH is 1. The van der Waals surface area contributed by atoms with Gasteiger partial charge in [-0.15, -0.1) is 11.3 Å². The molecule has 2 aliphatic rings. The average molecular weight is 491 g/mol. The summed E-state index contributed by atoms with van der Waals surface area (Å²) in [5, 5.41) is 13.1. The second-order valence-electron chi connectivity index (χ2n) is 8.85. The van der Waals surface area contributed by atoms with E-state index in [9.17, 15) is 19.5 Å². The summed E-state index contributed by atoms with van der Waals surface area (Å²) in [4.78, 5) is 46.5. The summed E-state index contributed by atoms with van der Waals surface area (Å²) in [7, 11) is 3.07. The van der Waals surface area contributed by atoms with E-state index in [0.717, 1.165) is 22.6 Å². The lowest BCUT2D eigenvalue weighted by Crippen LogP contribution is -2.53. The molecule has 2 heterocycles. The summed E-state index contributed by atoms with van der Waals surface area (Å²) in [6.45, 7) is 4.41. The zero-order chi connectivity index (χ0) is 24.8. The predicted octanol–water partition coefficient (Wildman–Crippen LogP) is 1.37. The number of aromatic nitrogens is 1. The molecule has 10 heteroatoms. The number of carbonyl (C=O) groups is 3. The number of thiazole rings is 1. The minimum Gasteiger partial charge on any atom is -0.391 e. The molecule has 1 aliphatic heterocycles. The molecule has 3 amide bonds. The maximum Gasteiger partial charge on any atom is 0.245 e. The van der Waals surface area contributed by atoms with Gasteiger partial charge < -0.3 is 25.0 Å². The monoisotopic (exact) mass is 490 g/mol. The summed E-state index contributed by atoms with van der Waals surface area (Å²) in [5.41, 5.74) is 4.00. The molecule has 1 saturated heterocycles. The highest BCUT2D eigenvalue weighted by molar-refractivity contribution is 7.11. The molecule has 9 nitrogen and oxygen atoms in total. The lowest BCUT2D eigenvalue weighted by Gasteiger charge is -2.31. The van der Waals surface area contributed by atoms with Crippen LogP contribution in [0, 0.1) is 12.8 Å². The van der Waals surface area contributed by atoms with Gasteiger partial charge in [0, 0.05) is 33.7 Å². The highest BCUT2D eigenvalue weighted by Crippen LogP contribution is 2.29. The number of nitrogens with zero attached hydrogens (tertiary/aromatic N) is 3. The predicted molar refractivity (Wildman–Crippen MR) is 130 cm³/mol. The molecule has 0 spiro atoms. The first-order valence-electron chi connectivity index (χ1n) is 11.5. The molecule has 34 heavy (non-hydrogen) atoms. The Hall–Kier alpha value is -2.56. The first-order chi connectivity index (χ1) is 16.2. The number of hydrogen-bond donors (Lipinski definition) is 2. The molecular formula is C24H34N4O5S. The van der Waals surface area contributed by atoms with Crippen LogP contribution in [-0.4, -0.2) is 89.7 Å². The summed E-state index contributed by atoms with van der Waals surface area (Å²) in [5.74, 6) is -0.699. The van der Waals surface area contributed by atoms with E-state index in [1.165, 1.54) is 16.9 Å². The van der Waals surface area contributed by atoms with Crippen molar-refractivity contribution in [1.82, 2.24) is 20.1 Å². The van der Waals surface area contributed by atoms with Crippen LogP contribution in [0.4, 0.5) is 0 Å². The molecular weight excluding hydrogens is 456 g/mol. The Morgan fingerprint density at radius 3 is 2.79 bits per heavy atom. The van der Waals surface area contributed by atoms with E-state index >= 15 is 0 Å². The highest BCUT2D eigenvalue weighted by atomic mass is 32.1. The van der Waals surface area contributed by atoms with Gasteiger partial charge in [-0.05, 0) is 31.8 Å². The third-order valence-corrected chi connectivity index (χ3v) is 7.43. The van der Waals surface area contributed by atoms with Crippen molar-refractivity contribution in [3.63, 3.8) is 0 Å². The largest absolute Gasteiger partial charge is 0.391 e. The molecule has 1 unspecified atom stereocenters. The van der Waals surface area contributed by atoms with Crippen molar-refractivity contribution in [3.05, 3.63) is 34.3 Å². The van der Waals surface area contributed by atoms with Crippen LogP contribution in [0.2, 0.25) is 0 Å². The number of aryl methyl sites for hydroxylation is 1. The Morgan fingerprint density at radius 2 is 2.18 bits per heavy atom. The summed E-state index contributed by atoms with van der Waals surface area (Å²) >= 11 is 1.61. The fourth-order valence-corrected chi connectivity index (χ4v) is 5.03. The maximum absolute atomic E-state index is 13.1. The number of ether oxygens (including phenoxy) is 1. The van der Waals surface area contributed by atoms with Crippen LogP contribution >= 0.6 is 11.3 Å². The highest BCUT2D eigenvalue weighted by Gasteiger charge is 2.41. The van der Waals surface area contributed by atoms with Crippen LogP contribution < -0.4 is 5.32 Å². The van der Waals surface area contributed by atoms with E-state index in [1.807, 2.05) is 12.4 Å². The van der Waals surface area contributed by atoms with E-state index < -0.39 is 18.2 Å². The maximum atomic E-state index is 13.1. The fraction of sp³-hybridized carbons (Fsp3) is 0.583. The lowest BCUT2D eigenvalue weighted by molar-refractivity contribution is -0.147. The van der Waals surface area contributed by atoms with Gasteiger partial charge in [-0.25, -0.2) is 4.98 Å².